The lowest BCUT2D eigenvalue weighted by Gasteiger charge is -2.33. The van der Waals surface area contributed by atoms with Crippen molar-refractivity contribution in [2.75, 3.05) is 93.6 Å². The number of carbonyl (C=O) groups is 2. The Bertz CT molecular complexity index is 2570. The van der Waals surface area contributed by atoms with Gasteiger partial charge in [0.1, 0.15) is 0 Å². The van der Waals surface area contributed by atoms with Crippen LogP contribution in [0, 0.1) is 0 Å². The van der Waals surface area contributed by atoms with Gasteiger partial charge in [0.15, 0.2) is 12.2 Å². The third kappa shape index (κ3) is 15.8. The van der Waals surface area contributed by atoms with E-state index in [0.717, 1.165) is 33.4 Å². The molecule has 6 N–H and O–H groups in total. The number of benzene rings is 4. The van der Waals surface area contributed by atoms with Gasteiger partial charge in [-0.2, -0.15) is 0 Å². The lowest BCUT2D eigenvalue weighted by Crippen LogP contribution is -2.50. The average molecular weight is 1110 g/mol. The van der Waals surface area contributed by atoms with E-state index in [4.69, 9.17) is 46.4 Å². The Labute approximate surface area is 444 Å². The number of nitrogens with zero attached hydrogens (tertiary/aromatic N) is 4. The molecule has 22 heteroatoms. The van der Waals surface area contributed by atoms with Gasteiger partial charge in [-0.25, -0.2) is 26.3 Å². The molecule has 4 aromatic carbocycles. The molecule has 2 amide bonds. The number of carbonyl (C=O) groups excluding carboxylic acids is 2. The topological polar surface area (TPSA) is 204 Å². The zero-order chi connectivity index (χ0) is 52.3. The molecule has 2 unspecified atom stereocenters. The minimum absolute atomic E-state index is 0.105. The summed E-state index contributed by atoms with van der Waals surface area (Å²) in [6, 6.07) is 21.1. The fourth-order valence-corrected chi connectivity index (χ4v) is 12.6. The molecular weight excluding hydrogens is 1050 g/mol. The van der Waals surface area contributed by atoms with Crippen LogP contribution in [0.1, 0.15) is 70.9 Å². The summed E-state index contributed by atoms with van der Waals surface area (Å²) < 4.78 is 58.6. The number of hydrogen-bond acceptors (Lipinski definition) is 12. The molecule has 0 aromatic heterocycles. The van der Waals surface area contributed by atoms with Crippen molar-refractivity contribution >= 4 is 78.3 Å². The van der Waals surface area contributed by atoms with Gasteiger partial charge < -0.3 is 40.4 Å². The number of nitrogens with one attached hydrogen (secondary N) is 4. The number of rotatable bonds is 25. The fraction of sp³-hybridized carbons (Fsp3) is 0.480. The van der Waals surface area contributed by atoms with Crippen LogP contribution >= 0.6 is 46.4 Å². The van der Waals surface area contributed by atoms with E-state index in [1.165, 1.54) is 0 Å². The Morgan fingerprint density at radius 2 is 0.958 bits per heavy atom. The van der Waals surface area contributed by atoms with E-state index >= 15 is 0 Å². The number of hydrogen-bond donors (Lipinski definition) is 6. The third-order valence-electron chi connectivity index (χ3n) is 13.0. The van der Waals surface area contributed by atoms with E-state index in [1.807, 2.05) is 62.3 Å². The second-order valence-corrected chi connectivity index (χ2v) is 24.1. The second-order valence-electron chi connectivity index (χ2n) is 18.8. The Morgan fingerprint density at radius 3 is 1.33 bits per heavy atom. The monoisotopic (exact) mass is 1110 g/mol. The van der Waals surface area contributed by atoms with Crippen LogP contribution in [0.3, 0.4) is 0 Å². The molecule has 0 saturated carbocycles. The summed E-state index contributed by atoms with van der Waals surface area (Å²) in [6.07, 6.45) is -1.88. The van der Waals surface area contributed by atoms with Crippen LogP contribution < -0.4 is 20.1 Å². The zero-order valence-corrected chi connectivity index (χ0v) is 45.7. The highest BCUT2D eigenvalue weighted by atomic mass is 35.5. The molecule has 0 bridgehead atoms. The first kappa shape index (κ1) is 57.8. The largest absolute Gasteiger partial charge is 0.380 e. The highest BCUT2D eigenvalue weighted by Gasteiger charge is 2.32. The molecule has 2 aliphatic rings. The Hall–Kier alpha value is -3.44. The van der Waals surface area contributed by atoms with Crippen molar-refractivity contribution in [1.29, 1.82) is 0 Å². The molecule has 394 valence electrons. The molecule has 2 aliphatic heterocycles. The van der Waals surface area contributed by atoms with Crippen molar-refractivity contribution in [3.05, 3.63) is 126 Å². The summed E-state index contributed by atoms with van der Waals surface area (Å²) in [5.41, 5.74) is 5.64. The lowest BCUT2D eigenvalue weighted by molar-refractivity contribution is -0.146. The number of fused-ring (bicyclic) bond motifs is 2. The summed E-state index contributed by atoms with van der Waals surface area (Å²) in [5, 5.41) is 28.1. The predicted octanol–water partition coefficient (Wildman–Crippen LogP) is 5.09. The van der Waals surface area contributed by atoms with Gasteiger partial charge in [-0.15, -0.1) is 0 Å². The van der Waals surface area contributed by atoms with Crippen LogP contribution in [-0.2, 0) is 42.7 Å². The Balaban J connectivity index is 0.818. The number of amides is 2. The summed E-state index contributed by atoms with van der Waals surface area (Å²) in [4.78, 5) is 33.7. The highest BCUT2D eigenvalue weighted by Crippen LogP contribution is 2.40. The van der Waals surface area contributed by atoms with Gasteiger partial charge >= 0.3 is 0 Å². The van der Waals surface area contributed by atoms with E-state index in [9.17, 15) is 36.6 Å². The quantitative estimate of drug-likeness (QED) is 0.0481. The van der Waals surface area contributed by atoms with E-state index < -0.39 is 44.1 Å². The molecule has 0 radical (unpaired) electrons. The number of halogens is 4. The molecule has 2 heterocycles. The maximum Gasteiger partial charge on any atom is 0.252 e. The van der Waals surface area contributed by atoms with Gasteiger partial charge in [0.05, 0.1) is 9.79 Å². The molecule has 6 rings (SSSR count). The molecule has 0 fully saturated rings. The van der Waals surface area contributed by atoms with Gasteiger partial charge in [0, 0.05) is 84.3 Å². The van der Waals surface area contributed by atoms with E-state index in [0.29, 0.717) is 98.1 Å². The highest BCUT2D eigenvalue weighted by molar-refractivity contribution is 7.89. The number of aliphatic hydroxyl groups excluding tert-OH is 2. The van der Waals surface area contributed by atoms with Gasteiger partial charge in [0.25, 0.3) is 11.8 Å². The third-order valence-corrected chi connectivity index (χ3v) is 17.0. The standard InChI is InChI=1S/C50H66Cl4N8O8S2/c1-59(21-9-17-57-71(67,68)37-13-5-11-33(23-37)41-29-61(3)31-43-39(41)25-35(51)27-45(43)53)19-7-15-55-49(65)47(63)48(64)50(66)56-16-8-20-60(2)22-10-18-58-72(69,70)38-14-6-12-34(24-38)42-30-62(4)32-44-40(42)26-36(52)28-46(44)54/h5-6,11-14,23-28,41-42,47-48,57-58,63-64H,7-10,15-22,29-32H2,1-4H3,(H,55,65)(H,56,66)/t41?,42?,47-,48-/m1/s1. The van der Waals surface area contributed by atoms with Crippen LogP contribution in [0.2, 0.25) is 20.1 Å². The molecule has 4 atom stereocenters. The van der Waals surface area contributed by atoms with Crippen molar-refractivity contribution in [1.82, 2.24) is 39.7 Å². The zero-order valence-electron chi connectivity index (χ0n) is 41.0. The summed E-state index contributed by atoms with van der Waals surface area (Å²) in [7, 11) is 0.148. The molecular formula is C50H66Cl4N8O8S2. The van der Waals surface area contributed by atoms with Crippen molar-refractivity contribution in [2.24, 2.45) is 0 Å². The Kier molecular flexibility index (Phi) is 21.2. The van der Waals surface area contributed by atoms with Crippen molar-refractivity contribution in [2.45, 2.75) is 72.6 Å². The number of aliphatic hydroxyl groups is 2. The summed E-state index contributed by atoms with van der Waals surface area (Å²) >= 11 is 25.8. The maximum absolute atomic E-state index is 13.3. The molecule has 4 aromatic rings. The number of sulfonamides is 2. The first-order valence-electron chi connectivity index (χ1n) is 23.9. The number of likely N-dealkylation sites (N-methyl/N-ethyl adjacent to an activating group) is 2. The van der Waals surface area contributed by atoms with Crippen LogP contribution in [0.4, 0.5) is 0 Å². The molecule has 72 heavy (non-hydrogen) atoms. The maximum atomic E-state index is 13.3. The normalized spacial score (nSPS) is 17.4. The smallest absolute Gasteiger partial charge is 0.252 e. The van der Waals surface area contributed by atoms with Gasteiger partial charge in [-0.1, -0.05) is 70.7 Å². The first-order chi connectivity index (χ1) is 34.1. The minimum Gasteiger partial charge on any atom is -0.380 e. The molecule has 16 nitrogen and oxygen atoms in total. The van der Waals surface area contributed by atoms with Gasteiger partial charge in [-0.3, -0.25) is 9.59 Å². The van der Waals surface area contributed by atoms with Crippen molar-refractivity contribution < 1.29 is 36.6 Å². The van der Waals surface area contributed by atoms with Crippen molar-refractivity contribution in [3.63, 3.8) is 0 Å². The molecule has 0 spiro atoms. The summed E-state index contributed by atoms with van der Waals surface area (Å²) in [5.74, 6) is -1.97. The Morgan fingerprint density at radius 1 is 0.597 bits per heavy atom. The fourth-order valence-electron chi connectivity index (χ4n) is 9.18. The predicted molar refractivity (Wildman–Crippen MR) is 284 cm³/mol. The SMILES string of the molecule is CN(CCCNC(=O)[C@H](O)[C@@H](O)C(=O)NCCCN(C)CCCNS(=O)(=O)c1cccc(C2CN(C)Cc3c(Cl)cc(Cl)cc32)c1)CCCNS(=O)(=O)c1cccc(C2CN(C)Cc3c(Cl)cc(Cl)cc32)c1. The van der Waals surface area contributed by atoms with E-state index in [-0.39, 0.29) is 47.8 Å². The molecule has 0 saturated heterocycles. The minimum atomic E-state index is -3.79. The van der Waals surface area contributed by atoms with Gasteiger partial charge in [0.2, 0.25) is 20.0 Å². The van der Waals surface area contributed by atoms with E-state index in [2.05, 4.69) is 29.9 Å². The molecule has 0 aliphatic carbocycles. The average Bonchev–Trinajstić information content (AvgIpc) is 3.34. The first-order valence-corrected chi connectivity index (χ1v) is 28.4. The van der Waals surface area contributed by atoms with Crippen LogP contribution in [0.5, 0.6) is 0 Å². The van der Waals surface area contributed by atoms with Crippen molar-refractivity contribution in [3.8, 4) is 0 Å². The van der Waals surface area contributed by atoms with Crippen LogP contribution in [0.25, 0.3) is 0 Å². The van der Waals surface area contributed by atoms with Crippen LogP contribution in [-0.4, -0.2) is 164 Å². The van der Waals surface area contributed by atoms with Crippen LogP contribution in [0.15, 0.2) is 82.6 Å². The second kappa shape index (κ2) is 26.4. The van der Waals surface area contributed by atoms with Gasteiger partial charge in [-0.05, 0) is 162 Å². The summed E-state index contributed by atoms with van der Waals surface area (Å²) in [6.45, 7) is 5.74. The lowest BCUT2D eigenvalue weighted by atomic mass is 9.85. The van der Waals surface area contributed by atoms with E-state index in [1.54, 1.807) is 48.5 Å².